The lowest BCUT2D eigenvalue weighted by Crippen LogP contribution is -1.77. The molecule has 0 aliphatic heterocycles. The fourth-order valence-corrected chi connectivity index (χ4v) is 4.71. The third kappa shape index (κ3) is 3.70. The maximum atomic E-state index is 4.62. The predicted octanol–water partition coefficient (Wildman–Crippen LogP) is 5.80. The Balaban J connectivity index is 1.63. The van der Waals surface area contributed by atoms with Crippen molar-refractivity contribution in [2.45, 2.75) is 39.0 Å². The maximum Gasteiger partial charge on any atom is 0.154 e. The largest absolute Gasteiger partial charge is 0.233 e. The van der Waals surface area contributed by atoms with Crippen molar-refractivity contribution in [2.75, 3.05) is 0 Å². The quantitative estimate of drug-likeness (QED) is 0.435. The molecule has 3 heterocycles. The molecule has 0 bridgehead atoms. The van der Waals surface area contributed by atoms with Gasteiger partial charge in [-0.05, 0) is 23.8 Å². The number of thiazole rings is 2. The molecule has 21 heavy (non-hydrogen) atoms. The fourth-order valence-electron chi connectivity index (χ4n) is 1.98. The third-order valence-corrected chi connectivity index (χ3v) is 6.17. The highest BCUT2D eigenvalue weighted by molar-refractivity contribution is 7.39. The van der Waals surface area contributed by atoms with Gasteiger partial charge in [0.1, 0.15) is 9.71 Å². The molecule has 0 radical (unpaired) electrons. The van der Waals surface area contributed by atoms with E-state index in [9.17, 15) is 0 Å². The molecule has 3 rings (SSSR count). The minimum absolute atomic E-state index is 0.879. The summed E-state index contributed by atoms with van der Waals surface area (Å²) in [5.41, 5.74) is 1.96. The summed E-state index contributed by atoms with van der Waals surface area (Å²) in [6, 6.07) is 2.06. The first-order valence-corrected chi connectivity index (χ1v) is 9.73. The first-order chi connectivity index (χ1) is 10.4. The molecule has 0 aliphatic carbocycles. The molecule has 0 fully saturated rings. The number of hydrogen-bond donors (Lipinski definition) is 0. The summed E-state index contributed by atoms with van der Waals surface area (Å²) in [5, 5.41) is 6.11. The standard InChI is InChI=1S/C16H16N2S3/c1-2-3-4-5-6-7-8-12-11-20-14(17-12)15-18-13-9-10-19-16(13)21-15/h9-11H,2-6H2,1H3. The summed E-state index contributed by atoms with van der Waals surface area (Å²) in [7, 11) is 0. The SMILES string of the molecule is CCCCCCC#Cc1csc(-c2nc3ccsc3s2)n1. The van der Waals surface area contributed by atoms with E-state index in [-0.39, 0.29) is 0 Å². The van der Waals surface area contributed by atoms with Crippen molar-refractivity contribution in [1.82, 2.24) is 9.97 Å². The lowest BCUT2D eigenvalue weighted by atomic mass is 10.1. The van der Waals surface area contributed by atoms with Crippen LogP contribution in [0.15, 0.2) is 16.8 Å². The normalized spacial score (nSPS) is 10.7. The van der Waals surface area contributed by atoms with Gasteiger partial charge < -0.3 is 0 Å². The summed E-state index contributed by atoms with van der Waals surface area (Å²) < 4.78 is 1.27. The van der Waals surface area contributed by atoms with Gasteiger partial charge in [0.2, 0.25) is 0 Å². The minimum Gasteiger partial charge on any atom is -0.233 e. The summed E-state index contributed by atoms with van der Waals surface area (Å²) in [5.74, 6) is 6.39. The van der Waals surface area contributed by atoms with Gasteiger partial charge in [-0.3, -0.25) is 0 Å². The lowest BCUT2D eigenvalue weighted by molar-refractivity contribution is 0.679. The Morgan fingerprint density at radius 1 is 1.10 bits per heavy atom. The predicted molar refractivity (Wildman–Crippen MR) is 94.2 cm³/mol. The molecule has 0 amide bonds. The van der Waals surface area contributed by atoms with Gasteiger partial charge in [-0.1, -0.05) is 32.1 Å². The van der Waals surface area contributed by atoms with E-state index in [0.29, 0.717) is 0 Å². The number of hydrogen-bond acceptors (Lipinski definition) is 5. The first-order valence-electron chi connectivity index (χ1n) is 7.15. The summed E-state index contributed by atoms with van der Waals surface area (Å²) >= 11 is 5.08. The van der Waals surface area contributed by atoms with Crippen LogP contribution >= 0.6 is 34.0 Å². The second-order valence-corrected chi connectivity index (χ2v) is 7.79. The van der Waals surface area contributed by atoms with Gasteiger partial charge in [0.25, 0.3) is 0 Å². The Hall–Kier alpha value is -1.22. The summed E-state index contributed by atoms with van der Waals surface area (Å²) in [6.45, 7) is 2.23. The summed E-state index contributed by atoms with van der Waals surface area (Å²) in [4.78, 5) is 9.20. The lowest BCUT2D eigenvalue weighted by Gasteiger charge is -1.91. The highest BCUT2D eigenvalue weighted by atomic mass is 32.2. The Kier molecular flexibility index (Phi) is 5.02. The van der Waals surface area contributed by atoms with Gasteiger partial charge in [0, 0.05) is 11.8 Å². The molecule has 0 saturated carbocycles. The van der Waals surface area contributed by atoms with Crippen LogP contribution in [-0.2, 0) is 0 Å². The molecule has 0 unspecified atom stereocenters. The molecule has 0 spiro atoms. The van der Waals surface area contributed by atoms with E-state index in [4.69, 9.17) is 0 Å². The maximum absolute atomic E-state index is 4.62. The van der Waals surface area contributed by atoms with E-state index in [1.165, 1.54) is 29.7 Å². The molecule has 0 saturated heterocycles. The van der Waals surface area contributed by atoms with Crippen LogP contribution < -0.4 is 0 Å². The molecule has 0 atom stereocenters. The van der Waals surface area contributed by atoms with E-state index in [0.717, 1.165) is 27.6 Å². The van der Waals surface area contributed by atoms with Crippen molar-refractivity contribution in [3.05, 3.63) is 22.5 Å². The smallest absolute Gasteiger partial charge is 0.154 e. The number of fused-ring (bicyclic) bond motifs is 1. The average Bonchev–Trinajstić information content (AvgIpc) is 3.16. The molecule has 3 aromatic rings. The number of nitrogens with zero attached hydrogens (tertiary/aromatic N) is 2. The third-order valence-electron chi connectivity index (χ3n) is 3.08. The van der Waals surface area contributed by atoms with Gasteiger partial charge in [-0.25, -0.2) is 9.97 Å². The zero-order chi connectivity index (χ0) is 14.5. The highest BCUT2D eigenvalue weighted by Crippen LogP contribution is 2.34. The van der Waals surface area contributed by atoms with E-state index < -0.39 is 0 Å². The van der Waals surface area contributed by atoms with Crippen LogP contribution in [0.5, 0.6) is 0 Å². The van der Waals surface area contributed by atoms with Crippen LogP contribution in [0.3, 0.4) is 0 Å². The number of aromatic nitrogens is 2. The second-order valence-electron chi connectivity index (χ2n) is 4.76. The number of unbranched alkanes of at least 4 members (excludes halogenated alkanes) is 4. The topological polar surface area (TPSA) is 25.8 Å². The molecule has 3 aromatic heterocycles. The van der Waals surface area contributed by atoms with Crippen LogP contribution in [0.4, 0.5) is 0 Å². The molecule has 108 valence electrons. The molecular formula is C16H16N2S3. The van der Waals surface area contributed by atoms with E-state index in [2.05, 4.69) is 40.2 Å². The van der Waals surface area contributed by atoms with E-state index in [1.807, 2.05) is 5.38 Å². The Morgan fingerprint density at radius 2 is 2.05 bits per heavy atom. The van der Waals surface area contributed by atoms with Gasteiger partial charge in [-0.15, -0.1) is 34.0 Å². The zero-order valence-corrected chi connectivity index (χ0v) is 14.3. The van der Waals surface area contributed by atoms with Crippen LogP contribution in [-0.4, -0.2) is 9.97 Å². The number of thiophene rings is 1. The zero-order valence-electron chi connectivity index (χ0n) is 11.9. The fraction of sp³-hybridized carbons (Fsp3) is 0.375. The molecule has 5 heteroatoms. The monoisotopic (exact) mass is 332 g/mol. The van der Waals surface area contributed by atoms with Crippen molar-refractivity contribution in [2.24, 2.45) is 0 Å². The van der Waals surface area contributed by atoms with Gasteiger partial charge >= 0.3 is 0 Å². The van der Waals surface area contributed by atoms with Crippen molar-refractivity contribution >= 4 is 43.5 Å². The number of rotatable bonds is 5. The summed E-state index contributed by atoms with van der Waals surface area (Å²) in [6.07, 6.45) is 6.03. The van der Waals surface area contributed by atoms with Crippen LogP contribution in [0.2, 0.25) is 0 Å². The van der Waals surface area contributed by atoms with Gasteiger partial charge in [0.15, 0.2) is 10.0 Å². The average molecular weight is 333 g/mol. The van der Waals surface area contributed by atoms with Crippen molar-refractivity contribution in [1.29, 1.82) is 0 Å². The van der Waals surface area contributed by atoms with Crippen LogP contribution in [0.1, 0.15) is 44.7 Å². The van der Waals surface area contributed by atoms with E-state index in [1.54, 1.807) is 34.0 Å². The van der Waals surface area contributed by atoms with Crippen molar-refractivity contribution in [3.63, 3.8) is 0 Å². The molecule has 0 aromatic carbocycles. The van der Waals surface area contributed by atoms with Crippen molar-refractivity contribution < 1.29 is 0 Å². The Bertz CT molecular complexity index is 741. The van der Waals surface area contributed by atoms with Crippen LogP contribution in [0, 0.1) is 11.8 Å². The highest BCUT2D eigenvalue weighted by Gasteiger charge is 2.10. The van der Waals surface area contributed by atoms with E-state index >= 15 is 0 Å². The molecule has 0 N–H and O–H groups in total. The van der Waals surface area contributed by atoms with Gasteiger partial charge in [-0.2, -0.15) is 0 Å². The molecule has 2 nitrogen and oxygen atoms in total. The van der Waals surface area contributed by atoms with Crippen LogP contribution in [0.25, 0.3) is 19.5 Å². The Morgan fingerprint density at radius 3 is 2.90 bits per heavy atom. The first kappa shape index (κ1) is 14.7. The second kappa shape index (κ2) is 7.17. The van der Waals surface area contributed by atoms with Crippen molar-refractivity contribution in [3.8, 4) is 21.9 Å². The Labute approximate surface area is 136 Å². The van der Waals surface area contributed by atoms with Gasteiger partial charge in [0.05, 0.1) is 5.52 Å². The minimum atomic E-state index is 0.879. The molecule has 0 aliphatic rings. The molecular weight excluding hydrogens is 316 g/mol.